The molecule has 4 aromatic rings. The predicted octanol–water partition coefficient (Wildman–Crippen LogP) is 6.04. The molecule has 3 aromatic carbocycles. The van der Waals surface area contributed by atoms with Gasteiger partial charge in [-0.2, -0.15) is 5.21 Å². The van der Waals surface area contributed by atoms with E-state index in [9.17, 15) is 4.79 Å². The fraction of sp³-hybridized carbons (Fsp3) is 0.310. The van der Waals surface area contributed by atoms with Crippen molar-refractivity contribution in [2.24, 2.45) is 0 Å². The number of tetrazole rings is 1. The van der Waals surface area contributed by atoms with Crippen molar-refractivity contribution in [1.29, 1.82) is 0 Å². The fourth-order valence-electron chi connectivity index (χ4n) is 4.86. The van der Waals surface area contributed by atoms with Crippen LogP contribution in [-0.4, -0.2) is 50.6 Å². The van der Waals surface area contributed by atoms with Gasteiger partial charge in [0.2, 0.25) is 5.91 Å². The summed E-state index contributed by atoms with van der Waals surface area (Å²) in [5.41, 5.74) is 0.687. The molecule has 1 unspecified atom stereocenters. The summed E-state index contributed by atoms with van der Waals surface area (Å²) in [7, 11) is 0. The van der Waals surface area contributed by atoms with Crippen molar-refractivity contribution in [3.63, 3.8) is 0 Å². The number of rotatable bonds is 11. The lowest BCUT2D eigenvalue weighted by Crippen LogP contribution is -2.46. The van der Waals surface area contributed by atoms with E-state index in [4.69, 9.17) is 21.1 Å². The van der Waals surface area contributed by atoms with Gasteiger partial charge in [-0.1, -0.05) is 66.4 Å². The first kappa shape index (κ1) is 26.6. The Kier molecular flexibility index (Phi) is 9.03. The Hall–Kier alpha value is -3.95. The van der Waals surface area contributed by atoms with Gasteiger partial charge in [-0.3, -0.25) is 9.69 Å². The van der Waals surface area contributed by atoms with Crippen LogP contribution in [0.4, 0.5) is 5.69 Å². The van der Waals surface area contributed by atoms with E-state index in [0.717, 1.165) is 31.4 Å². The van der Waals surface area contributed by atoms with E-state index in [2.05, 4.69) is 30.8 Å². The third kappa shape index (κ3) is 7.34. The van der Waals surface area contributed by atoms with Gasteiger partial charge in [-0.05, 0) is 61.4 Å². The maximum Gasteiger partial charge on any atom is 0.238 e. The average Bonchev–Trinajstić information content (AvgIpc) is 3.50. The smallest absolute Gasteiger partial charge is 0.238 e. The van der Waals surface area contributed by atoms with Gasteiger partial charge in [0.1, 0.15) is 29.9 Å². The average molecular weight is 547 g/mol. The molecule has 10 heteroatoms. The number of carbonyl (C=O) groups excluding carboxylic acids is 1. The van der Waals surface area contributed by atoms with Crippen LogP contribution in [0.25, 0.3) is 0 Å². The Bertz CT molecular complexity index is 1310. The minimum absolute atomic E-state index is 0.136. The number of hydrogen-bond acceptors (Lipinski definition) is 7. The molecule has 1 saturated carbocycles. The van der Waals surface area contributed by atoms with E-state index in [1.165, 1.54) is 6.42 Å². The second-order valence-electron chi connectivity index (χ2n) is 9.48. The second kappa shape index (κ2) is 13.2. The van der Waals surface area contributed by atoms with Crippen molar-refractivity contribution in [3.05, 3.63) is 89.7 Å². The molecule has 2 N–H and O–H groups in total. The van der Waals surface area contributed by atoms with Crippen LogP contribution in [0.3, 0.4) is 0 Å². The first-order chi connectivity index (χ1) is 19.2. The number of amides is 1. The molecule has 1 fully saturated rings. The van der Waals surface area contributed by atoms with Gasteiger partial charge in [0.25, 0.3) is 0 Å². The Labute approximate surface area is 232 Å². The molecule has 1 aromatic heterocycles. The van der Waals surface area contributed by atoms with E-state index >= 15 is 0 Å². The number of hydrogen-bond donors (Lipinski definition) is 2. The zero-order valence-electron chi connectivity index (χ0n) is 21.5. The van der Waals surface area contributed by atoms with E-state index in [-0.39, 0.29) is 25.1 Å². The number of anilines is 1. The van der Waals surface area contributed by atoms with Crippen LogP contribution < -0.4 is 14.8 Å². The Morgan fingerprint density at radius 2 is 1.69 bits per heavy atom. The maximum absolute atomic E-state index is 13.3. The van der Waals surface area contributed by atoms with Crippen LogP contribution in [0, 0.1) is 0 Å². The number of H-pyrrole nitrogens is 1. The number of nitrogens with one attached hydrogen (secondary N) is 2. The monoisotopic (exact) mass is 546 g/mol. The number of ether oxygens (including phenoxy) is 2. The number of aromatic nitrogens is 4. The minimum atomic E-state index is -0.393. The third-order valence-electron chi connectivity index (χ3n) is 6.78. The predicted molar refractivity (Wildman–Crippen MR) is 149 cm³/mol. The highest BCUT2D eigenvalue weighted by molar-refractivity contribution is 6.32. The van der Waals surface area contributed by atoms with Gasteiger partial charge < -0.3 is 14.8 Å². The largest absolute Gasteiger partial charge is 0.490 e. The summed E-state index contributed by atoms with van der Waals surface area (Å²) in [5, 5.41) is 18.4. The molecule has 1 amide bonds. The topological polar surface area (TPSA) is 105 Å². The molecule has 39 heavy (non-hydrogen) atoms. The van der Waals surface area contributed by atoms with Gasteiger partial charge >= 0.3 is 0 Å². The summed E-state index contributed by atoms with van der Waals surface area (Å²) in [4.78, 5) is 15.5. The van der Waals surface area contributed by atoms with Crippen molar-refractivity contribution in [2.45, 2.75) is 44.2 Å². The lowest BCUT2D eigenvalue weighted by molar-refractivity contribution is -0.119. The standard InChI is InChI=1S/C29H31ClN6O3/c30-25-13-7-8-14-27(25)38-20-26(29-32-34-35-33-29)36(22-9-3-1-4-10-22)19-28(37)31-21-15-17-24(18-16-21)39-23-11-5-2-6-12-23/h2,5-8,11-18,22,26H,1,3-4,9-10,19-20H2,(H,31,37)(H,32,33,34,35). The van der Waals surface area contributed by atoms with Crippen LogP contribution in [0.15, 0.2) is 78.9 Å². The summed E-state index contributed by atoms with van der Waals surface area (Å²) in [6.45, 7) is 0.372. The quantitative estimate of drug-likeness (QED) is 0.236. The number of halogens is 1. The molecule has 0 radical (unpaired) electrons. The Balaban J connectivity index is 1.30. The van der Waals surface area contributed by atoms with Gasteiger partial charge in [-0.15, -0.1) is 10.2 Å². The fourth-order valence-corrected chi connectivity index (χ4v) is 5.05. The van der Waals surface area contributed by atoms with Crippen molar-refractivity contribution in [2.75, 3.05) is 18.5 Å². The molecule has 0 aliphatic heterocycles. The highest BCUT2D eigenvalue weighted by Crippen LogP contribution is 2.31. The molecule has 0 spiro atoms. The van der Waals surface area contributed by atoms with Crippen molar-refractivity contribution in [3.8, 4) is 17.2 Å². The molecule has 5 rings (SSSR count). The molecular formula is C29H31ClN6O3. The van der Waals surface area contributed by atoms with Crippen molar-refractivity contribution in [1.82, 2.24) is 25.5 Å². The summed E-state index contributed by atoms with van der Waals surface area (Å²) in [6.07, 6.45) is 5.38. The summed E-state index contributed by atoms with van der Waals surface area (Å²) < 4.78 is 12.0. The van der Waals surface area contributed by atoms with E-state index in [0.29, 0.717) is 28.0 Å². The van der Waals surface area contributed by atoms with Crippen molar-refractivity contribution < 1.29 is 14.3 Å². The highest BCUT2D eigenvalue weighted by Gasteiger charge is 2.33. The van der Waals surface area contributed by atoms with Crippen LogP contribution in [-0.2, 0) is 4.79 Å². The molecule has 1 heterocycles. The molecular weight excluding hydrogens is 516 g/mol. The molecule has 202 valence electrons. The lowest BCUT2D eigenvalue weighted by atomic mass is 9.93. The number of carbonyl (C=O) groups is 1. The van der Waals surface area contributed by atoms with E-state index < -0.39 is 6.04 Å². The van der Waals surface area contributed by atoms with E-state index in [1.807, 2.05) is 72.8 Å². The maximum atomic E-state index is 13.3. The van der Waals surface area contributed by atoms with Crippen LogP contribution >= 0.6 is 11.6 Å². The highest BCUT2D eigenvalue weighted by atomic mass is 35.5. The summed E-state index contributed by atoms with van der Waals surface area (Å²) in [5.74, 6) is 2.35. The Morgan fingerprint density at radius 1 is 0.974 bits per heavy atom. The molecule has 1 aliphatic rings. The summed E-state index contributed by atoms with van der Waals surface area (Å²) >= 11 is 6.33. The summed E-state index contributed by atoms with van der Waals surface area (Å²) in [6, 6.07) is 24.0. The molecule has 0 bridgehead atoms. The normalized spacial score (nSPS) is 14.6. The van der Waals surface area contributed by atoms with Crippen LogP contribution in [0.2, 0.25) is 5.02 Å². The van der Waals surface area contributed by atoms with E-state index in [1.54, 1.807) is 6.07 Å². The zero-order chi connectivity index (χ0) is 26.9. The van der Waals surface area contributed by atoms with Crippen molar-refractivity contribution >= 4 is 23.2 Å². The lowest BCUT2D eigenvalue weighted by Gasteiger charge is -2.38. The first-order valence-corrected chi connectivity index (χ1v) is 13.5. The molecule has 0 saturated heterocycles. The SMILES string of the molecule is O=C(CN(C1CCCCC1)C(COc1ccccc1Cl)c1nn[nH]n1)Nc1ccc(Oc2ccccc2)cc1. The molecule has 9 nitrogen and oxygen atoms in total. The Morgan fingerprint density at radius 3 is 2.41 bits per heavy atom. The number of nitrogens with zero attached hydrogens (tertiary/aromatic N) is 4. The molecule has 1 atom stereocenters. The number of para-hydroxylation sites is 2. The molecule has 1 aliphatic carbocycles. The van der Waals surface area contributed by atoms with Gasteiger partial charge in [0.15, 0.2) is 5.82 Å². The van der Waals surface area contributed by atoms with Crippen LogP contribution in [0.5, 0.6) is 17.2 Å². The van der Waals surface area contributed by atoms with Gasteiger partial charge in [-0.25, -0.2) is 0 Å². The van der Waals surface area contributed by atoms with Crippen LogP contribution in [0.1, 0.15) is 44.0 Å². The zero-order valence-corrected chi connectivity index (χ0v) is 22.3. The first-order valence-electron chi connectivity index (χ1n) is 13.1. The van der Waals surface area contributed by atoms with Gasteiger partial charge in [0, 0.05) is 11.7 Å². The van der Waals surface area contributed by atoms with Gasteiger partial charge in [0.05, 0.1) is 11.6 Å². The number of benzene rings is 3. The second-order valence-corrected chi connectivity index (χ2v) is 9.89. The third-order valence-corrected chi connectivity index (χ3v) is 7.09. The minimum Gasteiger partial charge on any atom is -0.490 e. The number of aromatic amines is 1.